The molecule has 0 saturated carbocycles. The van der Waals surface area contributed by atoms with Gasteiger partial charge in [-0.2, -0.15) is 0 Å². The molecule has 108 valence electrons. The van der Waals surface area contributed by atoms with Crippen molar-refractivity contribution >= 4 is 11.5 Å². The van der Waals surface area contributed by atoms with Crippen molar-refractivity contribution in [1.29, 1.82) is 0 Å². The zero-order valence-corrected chi connectivity index (χ0v) is 12.5. The number of unbranched alkanes of at least 4 members (excludes halogenated alkanes) is 7. The highest BCUT2D eigenvalue weighted by molar-refractivity contribution is 5.61. The quantitative estimate of drug-likeness (QED) is 0.610. The Kier molecular flexibility index (Phi) is 8.03. The number of pyridine rings is 1. The Morgan fingerprint density at radius 3 is 2.32 bits per heavy atom. The smallest absolute Gasteiger partial charge is 0.149 e. The van der Waals surface area contributed by atoms with Crippen LogP contribution in [0.5, 0.6) is 0 Å². The summed E-state index contributed by atoms with van der Waals surface area (Å²) < 4.78 is 0. The third kappa shape index (κ3) is 7.04. The minimum Gasteiger partial charge on any atom is -0.396 e. The normalized spacial score (nSPS) is 10.6. The molecule has 19 heavy (non-hydrogen) atoms. The van der Waals surface area contributed by atoms with Crippen molar-refractivity contribution in [2.24, 2.45) is 0 Å². The van der Waals surface area contributed by atoms with Crippen LogP contribution in [-0.2, 0) is 0 Å². The Labute approximate surface area is 118 Å². The van der Waals surface area contributed by atoms with E-state index in [4.69, 9.17) is 5.73 Å². The zero-order valence-electron chi connectivity index (χ0n) is 12.5. The molecule has 0 amide bonds. The molecule has 3 N–H and O–H groups in total. The Morgan fingerprint density at radius 1 is 1.05 bits per heavy atom. The van der Waals surface area contributed by atoms with Gasteiger partial charge in [0, 0.05) is 12.7 Å². The topological polar surface area (TPSA) is 50.9 Å². The summed E-state index contributed by atoms with van der Waals surface area (Å²) in [4.78, 5) is 4.31. The maximum Gasteiger partial charge on any atom is 0.149 e. The average Bonchev–Trinajstić information content (AvgIpc) is 2.39. The molecule has 1 rings (SSSR count). The van der Waals surface area contributed by atoms with E-state index in [1.165, 1.54) is 51.4 Å². The molecular formula is C16H29N3. The van der Waals surface area contributed by atoms with Crippen molar-refractivity contribution in [2.75, 3.05) is 17.6 Å². The number of hydrogen-bond donors (Lipinski definition) is 2. The van der Waals surface area contributed by atoms with Gasteiger partial charge in [0.2, 0.25) is 0 Å². The molecule has 3 heteroatoms. The van der Waals surface area contributed by atoms with Gasteiger partial charge >= 0.3 is 0 Å². The lowest BCUT2D eigenvalue weighted by Crippen LogP contribution is -2.06. The van der Waals surface area contributed by atoms with Gasteiger partial charge < -0.3 is 11.1 Å². The minimum atomic E-state index is 0.750. The maximum atomic E-state index is 5.91. The van der Waals surface area contributed by atoms with Gasteiger partial charge in [-0.05, 0) is 25.0 Å². The number of nitrogen functional groups attached to an aromatic ring is 1. The summed E-state index contributed by atoms with van der Waals surface area (Å²) in [6, 6.07) is 1.96. The number of aryl methyl sites for hydroxylation is 1. The zero-order chi connectivity index (χ0) is 13.9. The molecule has 0 aliphatic heterocycles. The number of aromatic nitrogens is 1. The van der Waals surface area contributed by atoms with Crippen LogP contribution < -0.4 is 11.1 Å². The van der Waals surface area contributed by atoms with Gasteiger partial charge in [0.05, 0.1) is 5.69 Å². The molecule has 0 spiro atoms. The lowest BCUT2D eigenvalue weighted by Gasteiger charge is -2.08. The number of nitrogens with one attached hydrogen (secondary N) is 1. The van der Waals surface area contributed by atoms with Crippen LogP contribution in [0.15, 0.2) is 12.3 Å². The van der Waals surface area contributed by atoms with E-state index in [-0.39, 0.29) is 0 Å². The molecule has 3 nitrogen and oxygen atoms in total. The number of anilines is 2. The highest BCUT2D eigenvalue weighted by Crippen LogP contribution is 2.16. The van der Waals surface area contributed by atoms with Crippen molar-refractivity contribution in [3.8, 4) is 0 Å². The second-order valence-corrected chi connectivity index (χ2v) is 5.35. The fourth-order valence-electron chi connectivity index (χ4n) is 2.21. The molecule has 1 heterocycles. The van der Waals surface area contributed by atoms with Crippen molar-refractivity contribution in [3.05, 3.63) is 17.8 Å². The molecular weight excluding hydrogens is 234 g/mol. The molecule has 0 atom stereocenters. The van der Waals surface area contributed by atoms with Crippen LogP contribution in [0.1, 0.15) is 63.9 Å². The molecule has 1 aromatic rings. The fraction of sp³-hybridized carbons (Fsp3) is 0.688. The molecule has 0 aliphatic rings. The molecule has 0 aromatic carbocycles. The highest BCUT2D eigenvalue weighted by atomic mass is 15.0. The summed E-state index contributed by atoms with van der Waals surface area (Å²) in [5, 5.41) is 3.32. The van der Waals surface area contributed by atoms with Crippen LogP contribution in [0.2, 0.25) is 0 Å². The van der Waals surface area contributed by atoms with E-state index in [0.717, 1.165) is 23.6 Å². The summed E-state index contributed by atoms with van der Waals surface area (Å²) in [7, 11) is 0. The van der Waals surface area contributed by atoms with E-state index in [9.17, 15) is 0 Å². The predicted molar refractivity (Wildman–Crippen MR) is 84.5 cm³/mol. The largest absolute Gasteiger partial charge is 0.396 e. The van der Waals surface area contributed by atoms with Gasteiger partial charge in [-0.1, -0.05) is 51.9 Å². The van der Waals surface area contributed by atoms with Crippen LogP contribution >= 0.6 is 0 Å². The van der Waals surface area contributed by atoms with Crippen molar-refractivity contribution in [3.63, 3.8) is 0 Å². The van der Waals surface area contributed by atoms with E-state index in [1.807, 2.05) is 19.2 Å². The van der Waals surface area contributed by atoms with E-state index in [0.29, 0.717) is 0 Å². The monoisotopic (exact) mass is 263 g/mol. The maximum absolute atomic E-state index is 5.91. The minimum absolute atomic E-state index is 0.750. The summed E-state index contributed by atoms with van der Waals surface area (Å²) in [5.41, 5.74) is 7.76. The van der Waals surface area contributed by atoms with Crippen molar-refractivity contribution in [2.45, 2.75) is 65.2 Å². The predicted octanol–water partition coefficient (Wildman–Crippen LogP) is 4.52. The van der Waals surface area contributed by atoms with Gasteiger partial charge in [-0.15, -0.1) is 0 Å². The summed E-state index contributed by atoms with van der Waals surface area (Å²) in [6.45, 7) is 5.23. The molecule has 0 radical (unpaired) electrons. The van der Waals surface area contributed by atoms with Crippen molar-refractivity contribution in [1.82, 2.24) is 4.98 Å². The molecule has 1 aromatic heterocycles. The van der Waals surface area contributed by atoms with Crippen LogP contribution in [0.4, 0.5) is 11.5 Å². The van der Waals surface area contributed by atoms with Crippen LogP contribution in [0.3, 0.4) is 0 Å². The third-order valence-corrected chi connectivity index (χ3v) is 3.38. The first-order valence-corrected chi connectivity index (χ1v) is 7.70. The van der Waals surface area contributed by atoms with Crippen LogP contribution in [0.25, 0.3) is 0 Å². The van der Waals surface area contributed by atoms with Crippen LogP contribution in [-0.4, -0.2) is 11.5 Å². The van der Waals surface area contributed by atoms with Gasteiger partial charge in [0.15, 0.2) is 0 Å². The lowest BCUT2D eigenvalue weighted by molar-refractivity contribution is 0.581. The molecule has 0 fully saturated rings. The summed E-state index contributed by atoms with van der Waals surface area (Å²) >= 11 is 0. The lowest BCUT2D eigenvalue weighted by atomic mass is 10.1. The number of nitrogens with zero attached hydrogens (tertiary/aromatic N) is 1. The van der Waals surface area contributed by atoms with Gasteiger partial charge in [0.25, 0.3) is 0 Å². The SMILES string of the molecule is CCCCCCCCCCNc1ncc(C)cc1N. The second-order valence-electron chi connectivity index (χ2n) is 5.35. The Balaban J connectivity index is 2.01. The Hall–Kier alpha value is -1.25. The standard InChI is InChI=1S/C16H29N3/c1-3-4-5-6-7-8-9-10-11-18-16-15(17)12-14(2)13-19-16/h12-13H,3-11,17H2,1-2H3,(H,18,19). The number of hydrogen-bond acceptors (Lipinski definition) is 3. The highest BCUT2D eigenvalue weighted by Gasteiger charge is 1.99. The summed E-state index contributed by atoms with van der Waals surface area (Å²) in [6.07, 6.45) is 12.6. The van der Waals surface area contributed by atoms with Gasteiger partial charge in [-0.3, -0.25) is 0 Å². The molecule has 0 aliphatic carbocycles. The molecule has 0 bridgehead atoms. The first kappa shape index (κ1) is 15.8. The molecule has 0 unspecified atom stereocenters. The third-order valence-electron chi connectivity index (χ3n) is 3.38. The average molecular weight is 263 g/mol. The van der Waals surface area contributed by atoms with Crippen molar-refractivity contribution < 1.29 is 0 Å². The van der Waals surface area contributed by atoms with E-state index in [1.54, 1.807) is 0 Å². The van der Waals surface area contributed by atoms with Gasteiger partial charge in [-0.25, -0.2) is 4.98 Å². The van der Waals surface area contributed by atoms with E-state index >= 15 is 0 Å². The number of nitrogens with two attached hydrogens (primary N) is 1. The first-order valence-electron chi connectivity index (χ1n) is 7.70. The fourth-order valence-corrected chi connectivity index (χ4v) is 2.21. The molecule has 0 saturated heterocycles. The van der Waals surface area contributed by atoms with Gasteiger partial charge in [0.1, 0.15) is 5.82 Å². The Morgan fingerprint density at radius 2 is 1.68 bits per heavy atom. The Bertz CT molecular complexity index is 350. The number of rotatable bonds is 10. The van der Waals surface area contributed by atoms with Crippen LogP contribution in [0, 0.1) is 6.92 Å². The first-order chi connectivity index (χ1) is 9.24. The second kappa shape index (κ2) is 9.65. The van der Waals surface area contributed by atoms with E-state index < -0.39 is 0 Å². The van der Waals surface area contributed by atoms with E-state index in [2.05, 4.69) is 17.2 Å². The summed E-state index contributed by atoms with van der Waals surface area (Å²) in [5.74, 6) is 0.827.